The Morgan fingerprint density at radius 3 is 2.48 bits per heavy atom. The summed E-state index contributed by atoms with van der Waals surface area (Å²) >= 11 is 0. The molecular weight excluding hydrogens is 310 g/mol. The molecule has 2 heterocycles. The molecular formula is C21H23N3O. The fraction of sp³-hybridized carbons (Fsp3) is 0.286. The first-order chi connectivity index (χ1) is 12.2. The Bertz CT molecular complexity index is 866. The fourth-order valence-electron chi connectivity index (χ4n) is 3.66. The molecule has 0 aliphatic carbocycles. The van der Waals surface area contributed by atoms with Crippen molar-refractivity contribution >= 4 is 11.4 Å². The lowest BCUT2D eigenvalue weighted by Crippen LogP contribution is -2.30. The summed E-state index contributed by atoms with van der Waals surface area (Å²) in [5.41, 5.74) is 7.13. The summed E-state index contributed by atoms with van der Waals surface area (Å²) in [6.07, 6.45) is 0. The second kappa shape index (κ2) is 6.28. The SMILES string of the molecule is CCN1CN(Cc2ccccc2)c2cc(-c3c(C)noc3C)ccc21. The predicted octanol–water partition coefficient (Wildman–Crippen LogP) is 4.76. The lowest BCUT2D eigenvalue weighted by atomic mass is 10.0. The van der Waals surface area contributed by atoms with E-state index in [1.807, 2.05) is 13.8 Å². The first-order valence-corrected chi connectivity index (χ1v) is 8.78. The average molecular weight is 333 g/mol. The van der Waals surface area contributed by atoms with Crippen LogP contribution in [-0.2, 0) is 6.54 Å². The number of anilines is 2. The molecule has 4 nitrogen and oxygen atoms in total. The van der Waals surface area contributed by atoms with Crippen LogP contribution in [0.2, 0.25) is 0 Å². The number of hydrogen-bond acceptors (Lipinski definition) is 4. The summed E-state index contributed by atoms with van der Waals surface area (Å²) in [5.74, 6) is 0.873. The van der Waals surface area contributed by atoms with Gasteiger partial charge in [0.05, 0.1) is 23.7 Å². The van der Waals surface area contributed by atoms with Gasteiger partial charge in [0, 0.05) is 18.7 Å². The van der Waals surface area contributed by atoms with Crippen molar-refractivity contribution < 1.29 is 4.52 Å². The summed E-state index contributed by atoms with van der Waals surface area (Å²) in [6.45, 7) is 9.02. The molecule has 0 atom stereocenters. The van der Waals surface area contributed by atoms with E-state index in [0.29, 0.717) is 0 Å². The number of nitrogens with zero attached hydrogens (tertiary/aromatic N) is 3. The van der Waals surface area contributed by atoms with Gasteiger partial charge >= 0.3 is 0 Å². The molecule has 0 N–H and O–H groups in total. The predicted molar refractivity (Wildman–Crippen MR) is 102 cm³/mol. The summed E-state index contributed by atoms with van der Waals surface area (Å²) in [4.78, 5) is 4.85. The van der Waals surface area contributed by atoms with Crippen molar-refractivity contribution in [3.63, 3.8) is 0 Å². The van der Waals surface area contributed by atoms with E-state index in [-0.39, 0.29) is 0 Å². The lowest BCUT2D eigenvalue weighted by Gasteiger charge is -2.20. The molecule has 0 unspecified atom stereocenters. The van der Waals surface area contributed by atoms with Crippen molar-refractivity contribution in [1.29, 1.82) is 0 Å². The Balaban J connectivity index is 1.74. The normalized spacial score (nSPS) is 13.4. The van der Waals surface area contributed by atoms with Crippen LogP contribution in [0.3, 0.4) is 0 Å². The number of aromatic nitrogens is 1. The highest BCUT2D eigenvalue weighted by atomic mass is 16.5. The lowest BCUT2D eigenvalue weighted by molar-refractivity contribution is 0.393. The molecule has 4 rings (SSSR count). The number of rotatable bonds is 4. The van der Waals surface area contributed by atoms with Gasteiger partial charge in [0.15, 0.2) is 0 Å². The maximum absolute atomic E-state index is 5.36. The molecule has 4 heteroatoms. The Hall–Kier alpha value is -2.75. The molecule has 0 spiro atoms. The van der Waals surface area contributed by atoms with Crippen molar-refractivity contribution in [3.05, 3.63) is 65.5 Å². The number of aryl methyl sites for hydroxylation is 2. The second-order valence-electron chi connectivity index (χ2n) is 6.58. The quantitative estimate of drug-likeness (QED) is 0.689. The molecule has 3 aromatic rings. The van der Waals surface area contributed by atoms with E-state index in [4.69, 9.17) is 4.52 Å². The third-order valence-electron chi connectivity index (χ3n) is 4.92. The third kappa shape index (κ3) is 2.78. The highest BCUT2D eigenvalue weighted by Gasteiger charge is 2.26. The molecule has 1 aromatic heterocycles. The van der Waals surface area contributed by atoms with Gasteiger partial charge in [0.2, 0.25) is 0 Å². The van der Waals surface area contributed by atoms with E-state index in [2.05, 4.69) is 70.4 Å². The first-order valence-electron chi connectivity index (χ1n) is 8.78. The van der Waals surface area contributed by atoms with Gasteiger partial charge in [-0.1, -0.05) is 41.6 Å². The molecule has 0 saturated heterocycles. The number of benzene rings is 2. The van der Waals surface area contributed by atoms with Crippen molar-refractivity contribution in [2.75, 3.05) is 23.0 Å². The van der Waals surface area contributed by atoms with Crippen LogP contribution in [0.15, 0.2) is 53.1 Å². The Morgan fingerprint density at radius 1 is 1.00 bits per heavy atom. The highest BCUT2D eigenvalue weighted by Crippen LogP contribution is 2.40. The molecule has 0 amide bonds. The molecule has 1 aliphatic heterocycles. The number of hydrogen-bond donors (Lipinski definition) is 0. The van der Waals surface area contributed by atoms with Gasteiger partial charge in [-0.2, -0.15) is 0 Å². The zero-order valence-corrected chi connectivity index (χ0v) is 15.0. The molecule has 1 aliphatic rings. The second-order valence-corrected chi connectivity index (χ2v) is 6.58. The molecule has 25 heavy (non-hydrogen) atoms. The third-order valence-corrected chi connectivity index (χ3v) is 4.92. The van der Waals surface area contributed by atoms with Gasteiger partial charge in [-0.05, 0) is 44.0 Å². The van der Waals surface area contributed by atoms with E-state index in [1.54, 1.807) is 0 Å². The van der Waals surface area contributed by atoms with E-state index in [1.165, 1.54) is 22.5 Å². The van der Waals surface area contributed by atoms with Crippen LogP contribution < -0.4 is 9.80 Å². The van der Waals surface area contributed by atoms with Gasteiger partial charge < -0.3 is 14.3 Å². The van der Waals surface area contributed by atoms with Gasteiger partial charge in [-0.25, -0.2) is 0 Å². The van der Waals surface area contributed by atoms with Crippen molar-refractivity contribution in [2.24, 2.45) is 0 Å². The number of fused-ring (bicyclic) bond motifs is 1. The fourth-order valence-corrected chi connectivity index (χ4v) is 3.66. The standard InChI is InChI=1S/C21H23N3O/c1-4-23-14-24(13-17-8-6-5-7-9-17)20-12-18(10-11-19(20)23)21-15(2)22-25-16(21)3/h5-12H,4,13-14H2,1-3H3. The molecule has 0 radical (unpaired) electrons. The van der Waals surface area contributed by atoms with Gasteiger partial charge in [0.1, 0.15) is 5.76 Å². The van der Waals surface area contributed by atoms with Gasteiger partial charge in [-0.15, -0.1) is 0 Å². The van der Waals surface area contributed by atoms with Gasteiger partial charge in [0.25, 0.3) is 0 Å². The summed E-state index contributed by atoms with van der Waals surface area (Å²) < 4.78 is 5.36. The summed E-state index contributed by atoms with van der Waals surface area (Å²) in [5, 5.41) is 4.10. The smallest absolute Gasteiger partial charge is 0.141 e. The molecule has 0 fully saturated rings. The van der Waals surface area contributed by atoms with E-state index < -0.39 is 0 Å². The zero-order chi connectivity index (χ0) is 17.4. The largest absolute Gasteiger partial charge is 0.361 e. The minimum atomic E-state index is 0.873. The Kier molecular flexibility index (Phi) is 3.96. The van der Waals surface area contributed by atoms with Crippen molar-refractivity contribution in [3.8, 4) is 11.1 Å². The minimum absolute atomic E-state index is 0.873. The van der Waals surface area contributed by atoms with Crippen LogP contribution in [0.25, 0.3) is 11.1 Å². The molecule has 0 saturated carbocycles. The topological polar surface area (TPSA) is 32.5 Å². The van der Waals surface area contributed by atoms with E-state index >= 15 is 0 Å². The van der Waals surface area contributed by atoms with Crippen molar-refractivity contribution in [1.82, 2.24) is 5.16 Å². The van der Waals surface area contributed by atoms with Crippen LogP contribution >= 0.6 is 0 Å². The zero-order valence-electron chi connectivity index (χ0n) is 15.0. The Morgan fingerprint density at radius 2 is 1.80 bits per heavy atom. The maximum atomic E-state index is 5.36. The van der Waals surface area contributed by atoms with Crippen LogP contribution in [-0.4, -0.2) is 18.4 Å². The van der Waals surface area contributed by atoms with Crippen LogP contribution in [0.5, 0.6) is 0 Å². The summed E-state index contributed by atoms with van der Waals surface area (Å²) in [7, 11) is 0. The molecule has 0 bridgehead atoms. The first kappa shape index (κ1) is 15.8. The summed E-state index contributed by atoms with van der Waals surface area (Å²) in [6, 6.07) is 17.3. The molecule has 128 valence electrons. The van der Waals surface area contributed by atoms with Crippen LogP contribution in [0.1, 0.15) is 23.9 Å². The maximum Gasteiger partial charge on any atom is 0.141 e. The molecule has 2 aromatic carbocycles. The van der Waals surface area contributed by atoms with Crippen molar-refractivity contribution in [2.45, 2.75) is 27.3 Å². The highest BCUT2D eigenvalue weighted by molar-refractivity contribution is 5.83. The monoisotopic (exact) mass is 333 g/mol. The minimum Gasteiger partial charge on any atom is -0.361 e. The average Bonchev–Trinajstić information content (AvgIpc) is 3.15. The van der Waals surface area contributed by atoms with Gasteiger partial charge in [-0.3, -0.25) is 0 Å². The van der Waals surface area contributed by atoms with E-state index in [0.717, 1.165) is 36.8 Å². The van der Waals surface area contributed by atoms with Crippen LogP contribution in [0, 0.1) is 13.8 Å². The van der Waals surface area contributed by atoms with E-state index in [9.17, 15) is 0 Å². The Labute approximate surface area is 148 Å². The van der Waals surface area contributed by atoms with Crippen LogP contribution in [0.4, 0.5) is 11.4 Å².